The van der Waals surface area contributed by atoms with Crippen LogP contribution in [0.3, 0.4) is 0 Å². The number of amides is 1. The van der Waals surface area contributed by atoms with Crippen LogP contribution in [-0.4, -0.2) is 33.4 Å². The highest BCUT2D eigenvalue weighted by molar-refractivity contribution is 5.95. The number of alkyl halides is 3. The predicted molar refractivity (Wildman–Crippen MR) is 81.9 cm³/mol. The minimum atomic E-state index is -4.74. The van der Waals surface area contributed by atoms with Crippen LogP contribution in [0.1, 0.15) is 35.0 Å². The van der Waals surface area contributed by atoms with Gasteiger partial charge < -0.3 is 10.4 Å². The summed E-state index contributed by atoms with van der Waals surface area (Å²) in [6.45, 7) is 3.27. The van der Waals surface area contributed by atoms with Crippen molar-refractivity contribution in [1.29, 1.82) is 0 Å². The number of aliphatic hydroxyl groups is 1. The minimum absolute atomic E-state index is 0.0728. The Bertz CT molecular complexity index is 724. The minimum Gasteiger partial charge on any atom is -0.393 e. The number of aliphatic hydroxyl groups excluding tert-OH is 1. The third kappa shape index (κ3) is 3.94. The summed E-state index contributed by atoms with van der Waals surface area (Å²) in [4.78, 5) is 12.1. The Labute approximate surface area is 137 Å². The topological polar surface area (TPSA) is 67.2 Å². The Morgan fingerprint density at radius 1 is 1.38 bits per heavy atom. The number of carbonyl (C=O) groups excluding carboxylic acids is 1. The first-order valence-electron chi connectivity index (χ1n) is 7.39. The Morgan fingerprint density at radius 3 is 2.62 bits per heavy atom. The van der Waals surface area contributed by atoms with E-state index in [9.17, 15) is 18.0 Å². The summed E-state index contributed by atoms with van der Waals surface area (Å²) < 4.78 is 41.2. The highest BCUT2D eigenvalue weighted by atomic mass is 19.4. The summed E-state index contributed by atoms with van der Waals surface area (Å²) in [7, 11) is 0. The van der Waals surface area contributed by atoms with E-state index in [1.807, 2.05) is 0 Å². The molecule has 1 heterocycles. The fourth-order valence-corrected chi connectivity index (χ4v) is 2.26. The predicted octanol–water partition coefficient (Wildman–Crippen LogP) is 2.70. The zero-order valence-electron chi connectivity index (χ0n) is 13.3. The lowest BCUT2D eigenvalue weighted by Crippen LogP contribution is -2.29. The molecule has 2 N–H and O–H groups in total. The number of nitrogens with one attached hydrogen (secondary N) is 1. The van der Waals surface area contributed by atoms with Gasteiger partial charge in [-0.3, -0.25) is 4.79 Å². The molecule has 0 radical (unpaired) electrons. The van der Waals surface area contributed by atoms with Crippen molar-refractivity contribution in [3.05, 3.63) is 47.3 Å². The number of aromatic nitrogens is 2. The normalized spacial score (nSPS) is 12.9. The van der Waals surface area contributed by atoms with Crippen LogP contribution < -0.4 is 5.32 Å². The van der Waals surface area contributed by atoms with Gasteiger partial charge >= 0.3 is 6.18 Å². The molecule has 130 valence electrons. The molecule has 0 spiro atoms. The molecule has 0 aliphatic heterocycles. The van der Waals surface area contributed by atoms with E-state index in [1.54, 1.807) is 25.1 Å². The molecule has 0 bridgehead atoms. The van der Waals surface area contributed by atoms with E-state index < -0.39 is 29.4 Å². The third-order valence-corrected chi connectivity index (χ3v) is 3.47. The van der Waals surface area contributed by atoms with Gasteiger partial charge in [-0.2, -0.15) is 18.3 Å². The van der Waals surface area contributed by atoms with E-state index in [0.29, 0.717) is 5.56 Å². The van der Waals surface area contributed by atoms with Crippen LogP contribution in [0.25, 0.3) is 5.69 Å². The first kappa shape index (κ1) is 18.0. The van der Waals surface area contributed by atoms with E-state index in [0.717, 1.165) is 10.9 Å². The summed E-state index contributed by atoms with van der Waals surface area (Å²) in [5.74, 6) is -0.872. The molecule has 0 saturated carbocycles. The van der Waals surface area contributed by atoms with Gasteiger partial charge in [0, 0.05) is 6.54 Å². The summed E-state index contributed by atoms with van der Waals surface area (Å²) >= 11 is 0. The fourth-order valence-electron chi connectivity index (χ4n) is 2.26. The molecule has 0 saturated heterocycles. The average Bonchev–Trinajstić information content (AvgIpc) is 2.92. The van der Waals surface area contributed by atoms with Crippen molar-refractivity contribution < 1.29 is 23.1 Å². The van der Waals surface area contributed by atoms with Crippen molar-refractivity contribution in [3.8, 4) is 5.69 Å². The van der Waals surface area contributed by atoms with Crippen LogP contribution in [0.4, 0.5) is 13.2 Å². The van der Waals surface area contributed by atoms with Crippen LogP contribution in [0, 0.1) is 6.92 Å². The lowest BCUT2D eigenvalue weighted by molar-refractivity contribution is -0.143. The second-order valence-electron chi connectivity index (χ2n) is 5.50. The molecular formula is C16H18F3N3O2. The van der Waals surface area contributed by atoms with E-state index >= 15 is 0 Å². The summed E-state index contributed by atoms with van der Waals surface area (Å²) in [5.41, 5.74) is -0.803. The van der Waals surface area contributed by atoms with E-state index in [2.05, 4.69) is 10.4 Å². The van der Waals surface area contributed by atoms with Gasteiger partial charge in [-0.05, 0) is 31.9 Å². The lowest BCUT2D eigenvalue weighted by Gasteiger charge is -2.14. The maximum atomic E-state index is 13.5. The lowest BCUT2D eigenvalue weighted by atomic mass is 10.1. The Hall–Kier alpha value is -2.35. The Kier molecular flexibility index (Phi) is 5.28. The highest BCUT2D eigenvalue weighted by Crippen LogP contribution is 2.34. The Morgan fingerprint density at radius 2 is 2.04 bits per heavy atom. The van der Waals surface area contributed by atoms with E-state index in [4.69, 9.17) is 5.11 Å². The highest BCUT2D eigenvalue weighted by Gasteiger charge is 2.40. The molecule has 2 rings (SSSR count). The smallest absolute Gasteiger partial charge is 0.393 e. The Balaban J connectivity index is 2.41. The second-order valence-corrected chi connectivity index (χ2v) is 5.50. The standard InChI is InChI=1S/C16H18F3N3O2/c1-10-5-3-4-6-13(10)22-14(16(17,18)19)12(9-21-22)15(24)20-8-7-11(2)23/h3-6,9,11,23H,7-8H2,1-2H3,(H,20,24). The molecule has 5 nitrogen and oxygen atoms in total. The third-order valence-electron chi connectivity index (χ3n) is 3.47. The average molecular weight is 341 g/mol. The van der Waals surface area contributed by atoms with Crippen molar-refractivity contribution in [1.82, 2.24) is 15.1 Å². The number of para-hydroxylation sites is 1. The molecule has 0 aliphatic rings. The van der Waals surface area contributed by atoms with Crippen molar-refractivity contribution in [2.75, 3.05) is 6.54 Å². The first-order valence-corrected chi connectivity index (χ1v) is 7.39. The molecule has 1 atom stereocenters. The maximum absolute atomic E-state index is 13.5. The molecule has 1 amide bonds. The van der Waals surface area contributed by atoms with Crippen molar-refractivity contribution in [2.24, 2.45) is 0 Å². The SMILES string of the molecule is Cc1ccccc1-n1ncc(C(=O)NCCC(C)O)c1C(F)(F)F. The van der Waals surface area contributed by atoms with Gasteiger partial charge in [-0.15, -0.1) is 0 Å². The largest absolute Gasteiger partial charge is 0.434 e. The molecule has 1 aromatic carbocycles. The van der Waals surface area contributed by atoms with Crippen LogP contribution in [0.5, 0.6) is 0 Å². The quantitative estimate of drug-likeness (QED) is 0.879. The van der Waals surface area contributed by atoms with Gasteiger partial charge in [-0.1, -0.05) is 18.2 Å². The van der Waals surface area contributed by atoms with Crippen molar-refractivity contribution >= 4 is 5.91 Å². The van der Waals surface area contributed by atoms with E-state index in [-0.39, 0.29) is 18.7 Å². The number of hydrogen-bond acceptors (Lipinski definition) is 3. The number of nitrogens with zero attached hydrogens (tertiary/aromatic N) is 2. The van der Waals surface area contributed by atoms with Gasteiger partial charge in [0.1, 0.15) is 0 Å². The first-order chi connectivity index (χ1) is 11.2. The number of carbonyl (C=O) groups is 1. The molecular weight excluding hydrogens is 323 g/mol. The molecule has 1 unspecified atom stereocenters. The molecule has 1 aromatic heterocycles. The second kappa shape index (κ2) is 7.04. The summed E-state index contributed by atoms with van der Waals surface area (Å²) in [6, 6.07) is 6.48. The monoisotopic (exact) mass is 341 g/mol. The van der Waals surface area contributed by atoms with Crippen LogP contribution >= 0.6 is 0 Å². The molecule has 0 fully saturated rings. The molecule has 8 heteroatoms. The van der Waals surface area contributed by atoms with Crippen molar-refractivity contribution in [2.45, 2.75) is 32.5 Å². The molecule has 2 aromatic rings. The van der Waals surface area contributed by atoms with E-state index in [1.165, 1.54) is 13.0 Å². The molecule has 24 heavy (non-hydrogen) atoms. The number of halogens is 3. The van der Waals surface area contributed by atoms with Crippen LogP contribution in [-0.2, 0) is 6.18 Å². The van der Waals surface area contributed by atoms with Gasteiger partial charge in [0.2, 0.25) is 0 Å². The summed E-state index contributed by atoms with van der Waals surface area (Å²) in [5, 5.41) is 15.3. The zero-order chi connectivity index (χ0) is 17.9. The number of rotatable bonds is 5. The maximum Gasteiger partial charge on any atom is 0.434 e. The summed E-state index contributed by atoms with van der Waals surface area (Å²) in [6.07, 6.45) is -4.23. The van der Waals surface area contributed by atoms with Crippen LogP contribution in [0.2, 0.25) is 0 Å². The van der Waals surface area contributed by atoms with Crippen molar-refractivity contribution in [3.63, 3.8) is 0 Å². The molecule has 0 aliphatic carbocycles. The van der Waals surface area contributed by atoms with Gasteiger partial charge in [0.05, 0.1) is 23.6 Å². The van der Waals surface area contributed by atoms with Crippen LogP contribution in [0.15, 0.2) is 30.5 Å². The number of aryl methyl sites for hydroxylation is 1. The zero-order valence-corrected chi connectivity index (χ0v) is 13.3. The van der Waals surface area contributed by atoms with Gasteiger partial charge in [-0.25, -0.2) is 4.68 Å². The van der Waals surface area contributed by atoms with Gasteiger partial charge in [0.25, 0.3) is 5.91 Å². The number of hydrogen-bond donors (Lipinski definition) is 2. The van der Waals surface area contributed by atoms with Gasteiger partial charge in [0.15, 0.2) is 5.69 Å². The number of benzene rings is 1. The fraction of sp³-hybridized carbons (Fsp3) is 0.375.